The second kappa shape index (κ2) is 6.63. The van der Waals surface area contributed by atoms with Crippen LogP contribution in [-0.2, 0) is 29.6 Å². The summed E-state index contributed by atoms with van der Waals surface area (Å²) in [6, 6.07) is 5.23. The molecule has 0 bridgehead atoms. The van der Waals surface area contributed by atoms with Crippen LogP contribution in [0.2, 0.25) is 0 Å². The maximum Gasteiger partial charge on any atom is 0.244 e. The van der Waals surface area contributed by atoms with Gasteiger partial charge in [0.25, 0.3) is 0 Å². The second-order valence-electron chi connectivity index (χ2n) is 6.32. The summed E-state index contributed by atoms with van der Waals surface area (Å²) in [5.41, 5.74) is 0.129. The van der Waals surface area contributed by atoms with Crippen LogP contribution >= 0.6 is 0 Å². The van der Waals surface area contributed by atoms with E-state index in [9.17, 15) is 26.4 Å². The van der Waals surface area contributed by atoms with Gasteiger partial charge in [0.1, 0.15) is 0 Å². The number of piperazine rings is 1. The molecule has 2 amide bonds. The number of carbonyl (C=O) groups is 2. The van der Waals surface area contributed by atoms with Crippen LogP contribution < -0.4 is 4.31 Å². The molecule has 11 heteroatoms. The maximum absolute atomic E-state index is 12.7. The molecule has 2 heterocycles. The minimum Gasteiger partial charge on any atom is -0.343 e. The Labute approximate surface area is 152 Å². The number of nitrogens with zero attached hydrogens (tertiary/aromatic N) is 3. The van der Waals surface area contributed by atoms with E-state index in [-0.39, 0.29) is 29.4 Å². The fourth-order valence-electron chi connectivity index (χ4n) is 3.04. The molecule has 26 heavy (non-hydrogen) atoms. The van der Waals surface area contributed by atoms with Gasteiger partial charge in [0.05, 0.1) is 22.3 Å². The van der Waals surface area contributed by atoms with Crippen LogP contribution in [0.15, 0.2) is 29.2 Å². The Bertz CT molecular complexity index is 919. The smallest absolute Gasteiger partial charge is 0.244 e. The van der Waals surface area contributed by atoms with E-state index in [4.69, 9.17) is 0 Å². The molecule has 9 nitrogen and oxygen atoms in total. The third-order valence-electron chi connectivity index (χ3n) is 4.49. The van der Waals surface area contributed by atoms with Crippen molar-refractivity contribution in [1.82, 2.24) is 9.21 Å². The lowest BCUT2D eigenvalue weighted by molar-refractivity contribution is -0.120. The Morgan fingerprint density at radius 3 is 2.12 bits per heavy atom. The Morgan fingerprint density at radius 1 is 1.08 bits per heavy atom. The van der Waals surface area contributed by atoms with Crippen molar-refractivity contribution in [3.05, 3.63) is 24.3 Å². The Morgan fingerprint density at radius 2 is 1.65 bits per heavy atom. The molecule has 2 saturated heterocycles. The third kappa shape index (κ3) is 3.21. The summed E-state index contributed by atoms with van der Waals surface area (Å²) < 4.78 is 51.6. The second-order valence-corrected chi connectivity index (χ2v) is 10.1. The van der Waals surface area contributed by atoms with Crippen LogP contribution in [0.1, 0.15) is 6.92 Å². The zero-order valence-corrected chi connectivity index (χ0v) is 15.7. The molecule has 1 atom stereocenters. The first kappa shape index (κ1) is 18.8. The van der Waals surface area contributed by atoms with Gasteiger partial charge in [0.2, 0.25) is 32.4 Å². The Kier molecular flexibility index (Phi) is 4.80. The highest BCUT2D eigenvalue weighted by Crippen LogP contribution is 2.29. The number of hydrogen-bond acceptors (Lipinski definition) is 6. The topological polar surface area (TPSA) is 112 Å². The van der Waals surface area contributed by atoms with Gasteiger partial charge in [-0.2, -0.15) is 4.31 Å². The number of benzene rings is 1. The molecule has 0 N–H and O–H groups in total. The Balaban J connectivity index is 1.84. The Hall–Kier alpha value is -1.98. The van der Waals surface area contributed by atoms with Crippen LogP contribution in [0.25, 0.3) is 0 Å². The normalized spacial score (nSPS) is 24.0. The molecular weight excluding hydrogens is 382 g/mol. The quantitative estimate of drug-likeness (QED) is 0.627. The molecule has 1 aromatic carbocycles. The monoisotopic (exact) mass is 401 g/mol. The van der Waals surface area contributed by atoms with Gasteiger partial charge < -0.3 is 4.90 Å². The van der Waals surface area contributed by atoms with Crippen LogP contribution in [0, 0.1) is 5.92 Å². The van der Waals surface area contributed by atoms with E-state index in [1.165, 1.54) is 40.4 Å². The summed E-state index contributed by atoms with van der Waals surface area (Å²) in [7, 11) is -7.48. The zero-order chi connectivity index (χ0) is 19.1. The molecule has 0 radical (unpaired) electrons. The molecule has 2 aliphatic rings. The van der Waals surface area contributed by atoms with E-state index in [1.54, 1.807) is 0 Å². The van der Waals surface area contributed by atoms with Crippen molar-refractivity contribution < 1.29 is 26.4 Å². The van der Waals surface area contributed by atoms with Gasteiger partial charge in [0.15, 0.2) is 0 Å². The molecule has 1 aromatic rings. The highest BCUT2D eigenvalue weighted by molar-refractivity contribution is 7.94. The molecule has 0 aliphatic carbocycles. The third-order valence-corrected chi connectivity index (χ3v) is 8.27. The molecule has 0 aromatic heterocycles. The fourth-order valence-corrected chi connectivity index (χ4v) is 6.28. The van der Waals surface area contributed by atoms with Crippen molar-refractivity contribution in [2.24, 2.45) is 5.92 Å². The van der Waals surface area contributed by atoms with E-state index in [0.717, 1.165) is 4.31 Å². The highest BCUT2D eigenvalue weighted by Gasteiger charge is 2.42. The van der Waals surface area contributed by atoms with Crippen molar-refractivity contribution >= 4 is 38.1 Å². The summed E-state index contributed by atoms with van der Waals surface area (Å²) >= 11 is 0. The van der Waals surface area contributed by atoms with Crippen LogP contribution in [0.3, 0.4) is 0 Å². The average molecular weight is 401 g/mol. The van der Waals surface area contributed by atoms with Gasteiger partial charge in [-0.25, -0.2) is 21.1 Å². The lowest BCUT2D eigenvalue weighted by Crippen LogP contribution is -2.47. The largest absolute Gasteiger partial charge is 0.343 e. The van der Waals surface area contributed by atoms with Crippen molar-refractivity contribution in [3.8, 4) is 0 Å². The molecule has 142 valence electrons. The van der Waals surface area contributed by atoms with Gasteiger partial charge in [0, 0.05) is 26.2 Å². The number of anilines is 1. The number of rotatable bonds is 4. The molecule has 2 aliphatic heterocycles. The summed E-state index contributed by atoms with van der Waals surface area (Å²) in [4.78, 5) is 24.3. The number of carbonyl (C=O) groups excluding carboxylic acids is 2. The highest BCUT2D eigenvalue weighted by atomic mass is 32.2. The van der Waals surface area contributed by atoms with Crippen LogP contribution in [0.4, 0.5) is 5.69 Å². The standard InChI is InChI=1S/C15H19N3O6S2/c1-12-10-25(21,22)18(15(12)20)13-2-4-14(5-3-13)26(23,24)17-8-6-16(11-19)7-9-17/h2-5,11-12H,6-10H2,1H3/t12-/m0/s1. The lowest BCUT2D eigenvalue weighted by atomic mass is 10.2. The van der Waals surface area contributed by atoms with E-state index >= 15 is 0 Å². The first-order chi connectivity index (χ1) is 12.2. The van der Waals surface area contributed by atoms with Crippen LogP contribution in [-0.4, -0.2) is 70.3 Å². The van der Waals surface area contributed by atoms with Gasteiger partial charge in [-0.1, -0.05) is 6.92 Å². The predicted octanol–water partition coefficient (Wildman–Crippen LogP) is -0.538. The van der Waals surface area contributed by atoms with E-state index in [1.807, 2.05) is 0 Å². The molecule has 0 spiro atoms. The average Bonchev–Trinajstić information content (AvgIpc) is 2.82. The number of hydrogen-bond donors (Lipinski definition) is 0. The molecule has 0 unspecified atom stereocenters. The van der Waals surface area contributed by atoms with Crippen LogP contribution in [0.5, 0.6) is 0 Å². The van der Waals surface area contributed by atoms with Crippen molar-refractivity contribution in [2.45, 2.75) is 11.8 Å². The van der Waals surface area contributed by atoms with E-state index in [0.29, 0.717) is 19.5 Å². The summed E-state index contributed by atoms with van der Waals surface area (Å²) in [6.45, 7) is 2.56. The first-order valence-electron chi connectivity index (χ1n) is 8.03. The first-order valence-corrected chi connectivity index (χ1v) is 11.1. The molecular formula is C15H19N3O6S2. The van der Waals surface area contributed by atoms with Crippen molar-refractivity contribution in [2.75, 3.05) is 36.2 Å². The zero-order valence-electron chi connectivity index (χ0n) is 14.1. The number of sulfonamides is 2. The lowest BCUT2D eigenvalue weighted by Gasteiger charge is -2.31. The van der Waals surface area contributed by atoms with Gasteiger partial charge in [-0.15, -0.1) is 0 Å². The summed E-state index contributed by atoms with van der Waals surface area (Å²) in [5, 5.41) is 0. The van der Waals surface area contributed by atoms with Gasteiger partial charge in [-0.05, 0) is 24.3 Å². The molecule has 0 saturated carbocycles. The SMILES string of the molecule is C[C@H]1CS(=O)(=O)N(c2ccc(S(=O)(=O)N3CCN(C=O)CC3)cc2)C1=O. The minimum atomic E-state index is -3.75. The van der Waals surface area contributed by atoms with Gasteiger partial charge >= 0.3 is 0 Å². The summed E-state index contributed by atoms with van der Waals surface area (Å²) in [6.07, 6.45) is 0.688. The minimum absolute atomic E-state index is 0.0119. The van der Waals surface area contributed by atoms with E-state index in [2.05, 4.69) is 0 Å². The summed E-state index contributed by atoms with van der Waals surface area (Å²) in [5.74, 6) is -1.41. The maximum atomic E-state index is 12.7. The molecule has 3 rings (SSSR count). The van der Waals surface area contributed by atoms with Crippen molar-refractivity contribution in [3.63, 3.8) is 0 Å². The number of amides is 2. The van der Waals surface area contributed by atoms with Crippen molar-refractivity contribution in [1.29, 1.82) is 0 Å². The molecule has 2 fully saturated rings. The van der Waals surface area contributed by atoms with Gasteiger partial charge in [-0.3, -0.25) is 9.59 Å². The van der Waals surface area contributed by atoms with E-state index < -0.39 is 31.9 Å². The predicted molar refractivity (Wildman–Crippen MR) is 93.3 cm³/mol. The fraction of sp³-hybridized carbons (Fsp3) is 0.467.